The molecule has 0 unspecified atom stereocenters. The topological polar surface area (TPSA) is 64.2 Å². The van der Waals surface area contributed by atoms with E-state index >= 15 is 0 Å². The summed E-state index contributed by atoms with van der Waals surface area (Å²) >= 11 is 0. The largest absolute Gasteiger partial charge is 0.337 e. The van der Waals surface area contributed by atoms with Crippen molar-refractivity contribution in [1.82, 2.24) is 14.5 Å². The summed E-state index contributed by atoms with van der Waals surface area (Å²) in [6.45, 7) is 7.28. The van der Waals surface area contributed by atoms with Crippen molar-refractivity contribution in [2.45, 2.75) is 58.9 Å². The molecule has 0 saturated carbocycles. The number of unbranched alkanes of at least 4 members (excludes halogenated alkanes) is 4. The zero-order valence-electron chi connectivity index (χ0n) is 13.6. The third kappa shape index (κ3) is 6.29. The molecule has 1 aromatic rings. The number of carbonyl (C=O) groups excluding carboxylic acids is 1. The van der Waals surface area contributed by atoms with Gasteiger partial charge in [0.05, 0.1) is 6.33 Å². The van der Waals surface area contributed by atoms with Gasteiger partial charge in [-0.3, -0.25) is 4.79 Å². The Morgan fingerprint density at radius 1 is 1.19 bits per heavy atom. The summed E-state index contributed by atoms with van der Waals surface area (Å²) in [5, 5.41) is 0. The minimum absolute atomic E-state index is 0.0537. The van der Waals surface area contributed by atoms with Crippen molar-refractivity contribution >= 4 is 5.91 Å². The molecule has 21 heavy (non-hydrogen) atoms. The predicted octanol–water partition coefficient (Wildman–Crippen LogP) is 2.66. The number of nitrogens with two attached hydrogens (primary N) is 1. The van der Waals surface area contributed by atoms with E-state index in [9.17, 15) is 4.79 Å². The molecule has 1 aromatic heterocycles. The standard InChI is InChI=1S/C16H30N4O/c1-3-5-7-10-20(11-8-6-4-2)16(21)15-13-19(12-9-17)14-18-15/h13-14H,3-12,17H2,1-2H3. The number of carbonyl (C=O) groups is 1. The second kappa shape index (κ2) is 10.4. The van der Waals surface area contributed by atoms with Gasteiger partial charge >= 0.3 is 0 Å². The van der Waals surface area contributed by atoms with Crippen molar-refractivity contribution in [1.29, 1.82) is 0 Å². The summed E-state index contributed by atoms with van der Waals surface area (Å²) in [4.78, 5) is 18.8. The third-order valence-electron chi connectivity index (χ3n) is 3.59. The second-order valence-corrected chi connectivity index (χ2v) is 5.49. The molecule has 0 fully saturated rings. The summed E-state index contributed by atoms with van der Waals surface area (Å²) in [7, 11) is 0. The van der Waals surface area contributed by atoms with Crippen LogP contribution in [0.1, 0.15) is 62.9 Å². The van der Waals surface area contributed by atoms with Crippen LogP contribution in [0.2, 0.25) is 0 Å². The highest BCUT2D eigenvalue weighted by Crippen LogP contribution is 2.08. The normalized spacial score (nSPS) is 10.8. The maximum Gasteiger partial charge on any atom is 0.274 e. The lowest BCUT2D eigenvalue weighted by molar-refractivity contribution is 0.0744. The first kappa shape index (κ1) is 17.7. The van der Waals surface area contributed by atoms with Crippen molar-refractivity contribution in [3.8, 4) is 0 Å². The first-order valence-electron chi connectivity index (χ1n) is 8.24. The van der Waals surface area contributed by atoms with Gasteiger partial charge in [0, 0.05) is 32.4 Å². The zero-order chi connectivity index (χ0) is 15.5. The molecule has 5 heteroatoms. The van der Waals surface area contributed by atoms with E-state index < -0.39 is 0 Å². The van der Waals surface area contributed by atoms with Crippen LogP contribution in [-0.2, 0) is 6.54 Å². The van der Waals surface area contributed by atoms with Gasteiger partial charge < -0.3 is 15.2 Å². The van der Waals surface area contributed by atoms with Gasteiger partial charge in [-0.15, -0.1) is 0 Å². The number of amides is 1. The molecular weight excluding hydrogens is 264 g/mol. The minimum atomic E-state index is 0.0537. The molecule has 0 saturated heterocycles. The molecule has 0 aromatic carbocycles. The van der Waals surface area contributed by atoms with Crippen LogP contribution in [0.15, 0.2) is 12.5 Å². The summed E-state index contributed by atoms with van der Waals surface area (Å²) in [5.41, 5.74) is 6.06. The summed E-state index contributed by atoms with van der Waals surface area (Å²) < 4.78 is 1.88. The quantitative estimate of drug-likeness (QED) is 0.638. The molecule has 0 radical (unpaired) electrons. The lowest BCUT2D eigenvalue weighted by atomic mass is 10.2. The predicted molar refractivity (Wildman–Crippen MR) is 86.2 cm³/mol. The van der Waals surface area contributed by atoms with Crippen LogP contribution in [0.25, 0.3) is 0 Å². The van der Waals surface area contributed by atoms with Crippen LogP contribution in [0.3, 0.4) is 0 Å². The molecule has 1 amide bonds. The number of aromatic nitrogens is 2. The third-order valence-corrected chi connectivity index (χ3v) is 3.59. The molecule has 1 rings (SSSR count). The van der Waals surface area contributed by atoms with Gasteiger partial charge in [-0.05, 0) is 12.8 Å². The first-order valence-corrected chi connectivity index (χ1v) is 8.24. The fourth-order valence-corrected chi connectivity index (χ4v) is 2.32. The Labute approximate surface area is 128 Å². The van der Waals surface area contributed by atoms with Crippen LogP contribution >= 0.6 is 0 Å². The number of imidazole rings is 1. The van der Waals surface area contributed by atoms with E-state index in [0.29, 0.717) is 18.8 Å². The Kier molecular flexibility index (Phi) is 8.74. The summed E-state index contributed by atoms with van der Waals surface area (Å²) in [6, 6.07) is 0. The fourth-order valence-electron chi connectivity index (χ4n) is 2.32. The van der Waals surface area contributed by atoms with Gasteiger partial charge in [0.15, 0.2) is 0 Å². The Morgan fingerprint density at radius 3 is 2.33 bits per heavy atom. The second-order valence-electron chi connectivity index (χ2n) is 5.49. The highest BCUT2D eigenvalue weighted by Gasteiger charge is 2.17. The van der Waals surface area contributed by atoms with Gasteiger partial charge in [-0.25, -0.2) is 4.98 Å². The van der Waals surface area contributed by atoms with Crippen LogP contribution in [0.5, 0.6) is 0 Å². The fraction of sp³-hybridized carbons (Fsp3) is 0.750. The van der Waals surface area contributed by atoms with E-state index in [1.807, 2.05) is 15.7 Å². The zero-order valence-corrected chi connectivity index (χ0v) is 13.6. The van der Waals surface area contributed by atoms with Crippen LogP contribution in [0, 0.1) is 0 Å². The Bertz CT molecular complexity index is 393. The molecule has 5 nitrogen and oxygen atoms in total. The Morgan fingerprint density at radius 2 is 1.81 bits per heavy atom. The van der Waals surface area contributed by atoms with E-state index in [-0.39, 0.29) is 5.91 Å². The summed E-state index contributed by atoms with van der Waals surface area (Å²) in [5.74, 6) is 0.0537. The van der Waals surface area contributed by atoms with Gasteiger partial charge in [-0.2, -0.15) is 0 Å². The first-order chi connectivity index (χ1) is 10.2. The average molecular weight is 294 g/mol. The van der Waals surface area contributed by atoms with Crippen molar-refractivity contribution in [3.63, 3.8) is 0 Å². The van der Waals surface area contributed by atoms with Crippen molar-refractivity contribution in [2.75, 3.05) is 19.6 Å². The number of hydrogen-bond donors (Lipinski definition) is 1. The van der Waals surface area contributed by atoms with Crippen LogP contribution in [0.4, 0.5) is 0 Å². The molecule has 0 atom stereocenters. The maximum atomic E-state index is 12.6. The van der Waals surface area contributed by atoms with E-state index in [4.69, 9.17) is 5.73 Å². The molecule has 0 spiro atoms. The maximum absolute atomic E-state index is 12.6. The molecule has 2 N–H and O–H groups in total. The molecule has 0 aliphatic carbocycles. The van der Waals surface area contributed by atoms with E-state index in [0.717, 1.165) is 25.9 Å². The Balaban J connectivity index is 2.62. The van der Waals surface area contributed by atoms with Gasteiger partial charge in [0.1, 0.15) is 5.69 Å². The van der Waals surface area contributed by atoms with E-state index in [1.165, 1.54) is 25.7 Å². The lowest BCUT2D eigenvalue weighted by Gasteiger charge is -2.21. The number of rotatable bonds is 11. The molecule has 1 heterocycles. The lowest BCUT2D eigenvalue weighted by Crippen LogP contribution is -2.33. The Hall–Kier alpha value is -1.36. The monoisotopic (exact) mass is 294 g/mol. The molecule has 0 aliphatic rings. The average Bonchev–Trinajstić information content (AvgIpc) is 2.94. The van der Waals surface area contributed by atoms with Crippen molar-refractivity contribution in [2.24, 2.45) is 5.73 Å². The van der Waals surface area contributed by atoms with E-state index in [2.05, 4.69) is 18.8 Å². The molecule has 0 bridgehead atoms. The van der Waals surface area contributed by atoms with E-state index in [1.54, 1.807) is 6.33 Å². The SMILES string of the molecule is CCCCCN(CCCCC)C(=O)c1cn(CCN)cn1. The van der Waals surface area contributed by atoms with Gasteiger partial charge in [0.25, 0.3) is 5.91 Å². The molecule has 120 valence electrons. The highest BCUT2D eigenvalue weighted by atomic mass is 16.2. The molecular formula is C16H30N4O. The minimum Gasteiger partial charge on any atom is -0.337 e. The smallest absolute Gasteiger partial charge is 0.274 e. The molecule has 0 aliphatic heterocycles. The number of nitrogens with zero attached hydrogens (tertiary/aromatic N) is 3. The van der Waals surface area contributed by atoms with Gasteiger partial charge in [-0.1, -0.05) is 39.5 Å². The highest BCUT2D eigenvalue weighted by molar-refractivity contribution is 5.92. The van der Waals surface area contributed by atoms with Gasteiger partial charge in [0.2, 0.25) is 0 Å². The summed E-state index contributed by atoms with van der Waals surface area (Å²) in [6.07, 6.45) is 10.3. The van der Waals surface area contributed by atoms with Crippen molar-refractivity contribution in [3.05, 3.63) is 18.2 Å². The van der Waals surface area contributed by atoms with Crippen LogP contribution in [-0.4, -0.2) is 40.0 Å². The van der Waals surface area contributed by atoms with Crippen LogP contribution < -0.4 is 5.73 Å². The number of hydrogen-bond acceptors (Lipinski definition) is 3. The van der Waals surface area contributed by atoms with Crippen molar-refractivity contribution < 1.29 is 4.79 Å².